The van der Waals surface area contributed by atoms with Gasteiger partial charge in [0.15, 0.2) is 0 Å². The molecule has 1 N–H and O–H groups in total. The second-order valence-corrected chi connectivity index (χ2v) is 9.48. The number of hydrogen-bond donors (Lipinski definition) is 1. The van der Waals surface area contributed by atoms with Gasteiger partial charge in [0.1, 0.15) is 5.69 Å². The smallest absolute Gasteiger partial charge is 0.265 e. The van der Waals surface area contributed by atoms with Gasteiger partial charge in [-0.2, -0.15) is 0 Å². The highest BCUT2D eigenvalue weighted by Gasteiger charge is 2.35. The third-order valence-electron chi connectivity index (χ3n) is 7.16. The molecule has 3 heterocycles. The predicted octanol–water partition coefficient (Wildman–Crippen LogP) is 3.32. The van der Waals surface area contributed by atoms with Gasteiger partial charge in [0, 0.05) is 26.1 Å². The molecule has 0 radical (unpaired) electrons. The highest BCUT2D eigenvalue weighted by molar-refractivity contribution is 5.44. The van der Waals surface area contributed by atoms with E-state index < -0.39 is 0 Å². The second kappa shape index (κ2) is 9.02. The molecule has 164 valence electrons. The minimum Gasteiger partial charge on any atom is -0.419 e. The van der Waals surface area contributed by atoms with E-state index in [0.29, 0.717) is 41.5 Å². The van der Waals surface area contributed by atoms with Crippen molar-refractivity contribution in [1.29, 1.82) is 0 Å². The van der Waals surface area contributed by atoms with Gasteiger partial charge < -0.3 is 14.1 Å². The Labute approximate surface area is 179 Å². The Bertz CT molecular complexity index is 871. The molecule has 2 aromatic rings. The third kappa shape index (κ3) is 4.37. The largest absolute Gasteiger partial charge is 0.419 e. The maximum atomic E-state index is 9.70. The number of aromatic nitrogens is 4. The summed E-state index contributed by atoms with van der Waals surface area (Å²) < 4.78 is 7.86. The van der Waals surface area contributed by atoms with Gasteiger partial charge in [0.2, 0.25) is 5.89 Å². The van der Waals surface area contributed by atoms with E-state index >= 15 is 0 Å². The fraction of sp³-hybridized carbons (Fsp3) is 0.696. The Morgan fingerprint density at radius 3 is 2.83 bits per heavy atom. The SMILES string of the molecule is CC1=C[C@@H](CN2CCC[C@H]2CO)[C@H](C(C)C)C[C@H]1Cc1nnc(-c2cncn2C)o1. The Hall–Kier alpha value is -1.99. The first-order valence-electron chi connectivity index (χ1n) is 11.3. The molecule has 2 aliphatic rings. The second-order valence-electron chi connectivity index (χ2n) is 9.48. The molecular weight excluding hydrogens is 378 g/mol. The van der Waals surface area contributed by atoms with Gasteiger partial charge in [-0.1, -0.05) is 25.5 Å². The van der Waals surface area contributed by atoms with Crippen molar-refractivity contribution in [3.05, 3.63) is 30.1 Å². The Kier molecular flexibility index (Phi) is 6.39. The molecule has 7 nitrogen and oxygen atoms in total. The number of aryl methyl sites for hydroxylation is 1. The maximum Gasteiger partial charge on any atom is 0.265 e. The van der Waals surface area contributed by atoms with Crippen LogP contribution in [0, 0.1) is 23.7 Å². The van der Waals surface area contributed by atoms with Crippen LogP contribution in [-0.2, 0) is 13.5 Å². The van der Waals surface area contributed by atoms with Crippen LogP contribution in [-0.4, -0.2) is 55.5 Å². The van der Waals surface area contributed by atoms with Crippen LogP contribution in [0.3, 0.4) is 0 Å². The van der Waals surface area contributed by atoms with E-state index in [1.807, 2.05) is 11.6 Å². The fourth-order valence-electron chi connectivity index (χ4n) is 5.31. The third-order valence-corrected chi connectivity index (χ3v) is 7.16. The number of imidazole rings is 1. The normalized spacial score (nSPS) is 27.7. The fourth-order valence-corrected chi connectivity index (χ4v) is 5.31. The zero-order valence-electron chi connectivity index (χ0n) is 18.7. The van der Waals surface area contributed by atoms with Crippen molar-refractivity contribution in [3.8, 4) is 11.6 Å². The summed E-state index contributed by atoms with van der Waals surface area (Å²) in [5.74, 6) is 3.44. The van der Waals surface area contributed by atoms with E-state index in [1.165, 1.54) is 12.0 Å². The van der Waals surface area contributed by atoms with Gasteiger partial charge >= 0.3 is 0 Å². The maximum absolute atomic E-state index is 9.70. The molecule has 0 amide bonds. The van der Waals surface area contributed by atoms with Crippen LogP contribution >= 0.6 is 0 Å². The number of hydrogen-bond acceptors (Lipinski definition) is 6. The standard InChI is InChI=1S/C23H35N5O2/c1-15(2)20-9-17(10-22-25-26-23(30-22)21-11-24-14-27(21)4)16(3)8-18(20)12-28-7-5-6-19(28)13-29/h8,11,14-15,17-20,29H,5-7,9-10,12-13H2,1-4H3/t17-,18-,19-,20-/m0/s1. The molecule has 1 aliphatic heterocycles. The molecule has 0 spiro atoms. The van der Waals surface area contributed by atoms with Crippen LogP contribution in [0.1, 0.15) is 45.9 Å². The van der Waals surface area contributed by atoms with Gasteiger partial charge in [-0.3, -0.25) is 4.90 Å². The molecule has 1 aliphatic carbocycles. The summed E-state index contributed by atoms with van der Waals surface area (Å²) in [7, 11) is 1.93. The number of likely N-dealkylation sites (tertiary alicyclic amines) is 1. The molecule has 0 unspecified atom stereocenters. The summed E-state index contributed by atoms with van der Waals surface area (Å²) in [6.45, 7) is 9.37. The van der Waals surface area contributed by atoms with Gasteiger partial charge in [0.05, 0.1) is 19.1 Å². The summed E-state index contributed by atoms with van der Waals surface area (Å²) in [6, 6.07) is 0.341. The Morgan fingerprint density at radius 1 is 1.30 bits per heavy atom. The van der Waals surface area contributed by atoms with Gasteiger partial charge in [-0.15, -0.1) is 10.2 Å². The number of rotatable bonds is 7. The average Bonchev–Trinajstić information content (AvgIpc) is 3.44. The zero-order valence-corrected chi connectivity index (χ0v) is 18.7. The Balaban J connectivity index is 1.47. The Morgan fingerprint density at radius 2 is 2.13 bits per heavy atom. The van der Waals surface area contributed by atoms with Crippen LogP contribution in [0.4, 0.5) is 0 Å². The summed E-state index contributed by atoms with van der Waals surface area (Å²) in [5, 5.41) is 18.3. The first-order chi connectivity index (χ1) is 14.5. The molecule has 30 heavy (non-hydrogen) atoms. The molecule has 1 fully saturated rings. The van der Waals surface area contributed by atoms with Crippen molar-refractivity contribution in [1.82, 2.24) is 24.6 Å². The lowest BCUT2D eigenvalue weighted by atomic mass is 9.69. The topological polar surface area (TPSA) is 80.2 Å². The quantitative estimate of drug-likeness (QED) is 0.702. The van der Waals surface area contributed by atoms with Crippen LogP contribution in [0.2, 0.25) is 0 Å². The first kappa shape index (κ1) is 21.2. The van der Waals surface area contributed by atoms with Crippen LogP contribution < -0.4 is 0 Å². The number of aliphatic hydroxyl groups excluding tert-OH is 1. The molecule has 0 bridgehead atoms. The van der Waals surface area contributed by atoms with E-state index in [0.717, 1.165) is 38.0 Å². The van der Waals surface area contributed by atoms with Crippen molar-refractivity contribution < 1.29 is 9.52 Å². The van der Waals surface area contributed by atoms with Crippen molar-refractivity contribution in [2.45, 2.75) is 52.5 Å². The lowest BCUT2D eigenvalue weighted by Gasteiger charge is -2.39. The highest BCUT2D eigenvalue weighted by atomic mass is 16.4. The first-order valence-corrected chi connectivity index (χ1v) is 11.3. The molecular formula is C23H35N5O2. The zero-order chi connectivity index (χ0) is 21.3. The highest BCUT2D eigenvalue weighted by Crippen LogP contribution is 2.40. The summed E-state index contributed by atoms with van der Waals surface area (Å²) in [6.07, 6.45) is 10.2. The summed E-state index contributed by atoms with van der Waals surface area (Å²) >= 11 is 0. The van der Waals surface area contributed by atoms with Crippen molar-refractivity contribution in [2.75, 3.05) is 19.7 Å². The van der Waals surface area contributed by atoms with E-state index in [2.05, 4.69) is 46.9 Å². The molecule has 7 heteroatoms. The molecule has 0 saturated carbocycles. The number of allylic oxidation sites excluding steroid dienone is 1. The van der Waals surface area contributed by atoms with Crippen LogP contribution in [0.5, 0.6) is 0 Å². The van der Waals surface area contributed by atoms with Crippen molar-refractivity contribution in [2.24, 2.45) is 30.7 Å². The average molecular weight is 414 g/mol. The van der Waals surface area contributed by atoms with Gasteiger partial charge in [-0.05, 0) is 56.4 Å². The molecule has 2 aromatic heterocycles. The number of nitrogens with zero attached hydrogens (tertiary/aromatic N) is 5. The van der Waals surface area contributed by atoms with E-state index in [4.69, 9.17) is 4.42 Å². The number of aliphatic hydroxyl groups is 1. The van der Waals surface area contributed by atoms with E-state index in [-0.39, 0.29) is 6.61 Å². The summed E-state index contributed by atoms with van der Waals surface area (Å²) in [5.41, 5.74) is 2.27. The molecule has 0 aromatic carbocycles. The van der Waals surface area contributed by atoms with Crippen LogP contribution in [0.25, 0.3) is 11.6 Å². The predicted molar refractivity (Wildman–Crippen MR) is 116 cm³/mol. The minimum atomic E-state index is 0.278. The van der Waals surface area contributed by atoms with Crippen LogP contribution in [0.15, 0.2) is 28.6 Å². The van der Waals surface area contributed by atoms with Crippen molar-refractivity contribution in [3.63, 3.8) is 0 Å². The summed E-state index contributed by atoms with van der Waals surface area (Å²) in [4.78, 5) is 6.63. The monoisotopic (exact) mass is 413 g/mol. The lowest BCUT2D eigenvalue weighted by Crippen LogP contribution is -2.40. The minimum absolute atomic E-state index is 0.278. The molecule has 4 rings (SSSR count). The van der Waals surface area contributed by atoms with E-state index in [9.17, 15) is 5.11 Å². The molecule has 1 saturated heterocycles. The lowest BCUT2D eigenvalue weighted by molar-refractivity contribution is 0.117. The van der Waals surface area contributed by atoms with Gasteiger partial charge in [0.25, 0.3) is 5.89 Å². The molecule has 4 atom stereocenters. The van der Waals surface area contributed by atoms with E-state index in [1.54, 1.807) is 12.5 Å². The van der Waals surface area contributed by atoms with Gasteiger partial charge in [-0.25, -0.2) is 4.98 Å². The van der Waals surface area contributed by atoms with Crippen molar-refractivity contribution >= 4 is 0 Å².